The van der Waals surface area contributed by atoms with Crippen LogP contribution in [0.5, 0.6) is 0 Å². The van der Waals surface area contributed by atoms with Crippen LogP contribution < -0.4 is 5.32 Å². The monoisotopic (exact) mass is 269 g/mol. The Morgan fingerprint density at radius 1 is 1.35 bits per heavy atom. The lowest BCUT2D eigenvalue weighted by atomic mass is 10.0. The minimum absolute atomic E-state index is 0.000221. The van der Waals surface area contributed by atoms with E-state index in [4.69, 9.17) is 9.68 Å². The number of carbonyl (C=O) groups is 2. The van der Waals surface area contributed by atoms with Crippen LogP contribution in [-0.2, 0) is 4.79 Å². The Balaban J connectivity index is 2.17. The number of hydrogen-bond acceptors (Lipinski definition) is 5. The average Bonchev–Trinajstić information content (AvgIpc) is 2.86. The van der Waals surface area contributed by atoms with Crippen molar-refractivity contribution in [1.29, 1.82) is 5.26 Å². The molecule has 6 nitrogen and oxygen atoms in total. The summed E-state index contributed by atoms with van der Waals surface area (Å²) in [6.45, 7) is 1.55. The highest BCUT2D eigenvalue weighted by Crippen LogP contribution is 2.14. The Morgan fingerprint density at radius 3 is 2.60 bits per heavy atom. The summed E-state index contributed by atoms with van der Waals surface area (Å²) in [5.74, 6) is -2.54. The molecule has 0 unspecified atom stereocenters. The van der Waals surface area contributed by atoms with Crippen LogP contribution in [0.15, 0.2) is 41.1 Å². The first-order valence-corrected chi connectivity index (χ1v) is 5.83. The van der Waals surface area contributed by atoms with Crippen molar-refractivity contribution < 1.29 is 14.0 Å². The zero-order valence-corrected chi connectivity index (χ0v) is 10.7. The summed E-state index contributed by atoms with van der Waals surface area (Å²) in [6, 6.07) is 10.3. The number of aromatic nitrogens is 1. The standard InChI is InChI=1S/C14H11N3O3/c1-9-12(16-8-20-9)13(18)11(7-15)14(19)17-10-5-3-2-4-6-10/h2-6,8,11H,1H3,(H,17,19)/t11-/m0/s1. The lowest BCUT2D eigenvalue weighted by Gasteiger charge is -2.08. The van der Waals surface area contributed by atoms with Gasteiger partial charge in [-0.25, -0.2) is 4.98 Å². The molecule has 1 aromatic carbocycles. The van der Waals surface area contributed by atoms with Crippen molar-refractivity contribution in [3.63, 3.8) is 0 Å². The Labute approximate surface area is 115 Å². The van der Waals surface area contributed by atoms with E-state index in [0.29, 0.717) is 5.69 Å². The van der Waals surface area contributed by atoms with Crippen molar-refractivity contribution in [2.75, 3.05) is 5.32 Å². The molecule has 1 aromatic heterocycles. The van der Waals surface area contributed by atoms with E-state index < -0.39 is 17.6 Å². The van der Waals surface area contributed by atoms with Gasteiger partial charge in [-0.3, -0.25) is 9.59 Å². The van der Waals surface area contributed by atoms with Gasteiger partial charge in [-0.1, -0.05) is 18.2 Å². The molecule has 0 spiro atoms. The van der Waals surface area contributed by atoms with Crippen LogP contribution in [0.4, 0.5) is 5.69 Å². The van der Waals surface area contributed by atoms with Crippen molar-refractivity contribution in [2.24, 2.45) is 5.92 Å². The maximum Gasteiger partial charge on any atom is 0.249 e. The van der Waals surface area contributed by atoms with Gasteiger partial charge in [0.05, 0.1) is 6.07 Å². The molecule has 0 fully saturated rings. The normalized spacial score (nSPS) is 11.4. The largest absolute Gasteiger partial charge is 0.448 e. The van der Waals surface area contributed by atoms with Crippen LogP contribution in [0.1, 0.15) is 16.2 Å². The summed E-state index contributed by atoms with van der Waals surface area (Å²) in [5, 5.41) is 11.6. The van der Waals surface area contributed by atoms with E-state index >= 15 is 0 Å². The number of Topliss-reactive ketones (excluding diaryl/α,β-unsaturated/α-hetero) is 1. The van der Waals surface area contributed by atoms with Crippen LogP contribution in [-0.4, -0.2) is 16.7 Å². The van der Waals surface area contributed by atoms with Crippen LogP contribution in [0.2, 0.25) is 0 Å². The predicted molar refractivity (Wildman–Crippen MR) is 69.7 cm³/mol. The Kier molecular flexibility index (Phi) is 3.91. The second kappa shape index (κ2) is 5.80. The number of nitrogens with zero attached hydrogens (tertiary/aromatic N) is 2. The topological polar surface area (TPSA) is 96.0 Å². The molecule has 20 heavy (non-hydrogen) atoms. The summed E-state index contributed by atoms with van der Waals surface area (Å²) in [5.41, 5.74) is 0.516. The third-order valence-electron chi connectivity index (χ3n) is 2.67. The molecule has 0 radical (unpaired) electrons. The molecule has 0 saturated carbocycles. The highest BCUT2D eigenvalue weighted by atomic mass is 16.3. The summed E-state index contributed by atoms with van der Waals surface area (Å²) in [4.78, 5) is 27.8. The molecule has 2 rings (SSSR count). The molecular weight excluding hydrogens is 258 g/mol. The number of hydrogen-bond donors (Lipinski definition) is 1. The fourth-order valence-corrected chi connectivity index (χ4v) is 1.65. The van der Waals surface area contributed by atoms with Gasteiger partial charge in [0, 0.05) is 5.69 Å². The third-order valence-corrected chi connectivity index (χ3v) is 2.67. The number of amides is 1. The number of carbonyl (C=O) groups excluding carboxylic acids is 2. The van der Waals surface area contributed by atoms with Gasteiger partial charge in [0.2, 0.25) is 11.7 Å². The van der Waals surface area contributed by atoms with E-state index in [1.807, 2.05) is 0 Å². The molecule has 0 bridgehead atoms. The second-order valence-corrected chi connectivity index (χ2v) is 4.04. The zero-order chi connectivity index (χ0) is 14.5. The first kappa shape index (κ1) is 13.5. The minimum atomic E-state index is -1.46. The molecule has 6 heteroatoms. The molecule has 1 atom stereocenters. The lowest BCUT2D eigenvalue weighted by Crippen LogP contribution is -2.29. The SMILES string of the molecule is Cc1ocnc1C(=O)[C@H](C#N)C(=O)Nc1ccccc1. The van der Waals surface area contributed by atoms with Crippen molar-refractivity contribution in [1.82, 2.24) is 4.98 Å². The molecule has 2 aromatic rings. The molecule has 0 aliphatic heterocycles. The van der Waals surface area contributed by atoms with Gasteiger partial charge in [-0.05, 0) is 19.1 Å². The number of ketones is 1. The fourth-order valence-electron chi connectivity index (χ4n) is 1.65. The van der Waals surface area contributed by atoms with Gasteiger partial charge in [0.25, 0.3) is 0 Å². The number of benzene rings is 1. The van der Waals surface area contributed by atoms with Gasteiger partial charge >= 0.3 is 0 Å². The summed E-state index contributed by atoms with van der Waals surface area (Å²) < 4.78 is 4.91. The van der Waals surface area contributed by atoms with Crippen LogP contribution >= 0.6 is 0 Å². The smallest absolute Gasteiger partial charge is 0.249 e. The first-order chi connectivity index (χ1) is 9.63. The summed E-state index contributed by atoms with van der Waals surface area (Å²) >= 11 is 0. The maximum absolute atomic E-state index is 12.1. The van der Waals surface area contributed by atoms with Gasteiger partial charge < -0.3 is 9.73 Å². The zero-order valence-electron chi connectivity index (χ0n) is 10.7. The number of oxazole rings is 1. The molecule has 100 valence electrons. The predicted octanol–water partition coefficient (Wildman–Crippen LogP) is 1.94. The molecule has 0 aliphatic rings. The first-order valence-electron chi connectivity index (χ1n) is 5.83. The number of rotatable bonds is 4. The van der Waals surface area contributed by atoms with Gasteiger partial charge in [-0.2, -0.15) is 5.26 Å². The molecule has 0 saturated heterocycles. The van der Waals surface area contributed by atoms with Gasteiger partial charge in [0.15, 0.2) is 12.3 Å². The van der Waals surface area contributed by atoms with E-state index in [0.717, 1.165) is 6.39 Å². The number of nitriles is 1. The Morgan fingerprint density at radius 2 is 2.05 bits per heavy atom. The molecular formula is C14H11N3O3. The van der Waals surface area contributed by atoms with E-state index in [1.54, 1.807) is 43.3 Å². The van der Waals surface area contributed by atoms with E-state index in [2.05, 4.69) is 10.3 Å². The van der Waals surface area contributed by atoms with Crippen LogP contribution in [0, 0.1) is 24.2 Å². The quantitative estimate of drug-likeness (QED) is 0.676. The van der Waals surface area contributed by atoms with Crippen molar-refractivity contribution in [3.8, 4) is 6.07 Å². The number of para-hydroxylation sites is 1. The van der Waals surface area contributed by atoms with Crippen molar-refractivity contribution in [3.05, 3.63) is 48.2 Å². The minimum Gasteiger partial charge on any atom is -0.448 e. The lowest BCUT2D eigenvalue weighted by molar-refractivity contribution is -0.117. The van der Waals surface area contributed by atoms with Crippen LogP contribution in [0.3, 0.4) is 0 Å². The highest BCUT2D eigenvalue weighted by molar-refractivity contribution is 6.15. The molecule has 1 N–H and O–H groups in total. The number of anilines is 1. The van der Waals surface area contributed by atoms with Crippen molar-refractivity contribution >= 4 is 17.4 Å². The average molecular weight is 269 g/mol. The van der Waals surface area contributed by atoms with Gasteiger partial charge in [0.1, 0.15) is 11.5 Å². The van der Waals surface area contributed by atoms with Crippen molar-refractivity contribution in [2.45, 2.75) is 6.92 Å². The maximum atomic E-state index is 12.1. The summed E-state index contributed by atoms with van der Waals surface area (Å²) in [7, 11) is 0. The highest BCUT2D eigenvalue weighted by Gasteiger charge is 2.30. The van der Waals surface area contributed by atoms with Gasteiger partial charge in [-0.15, -0.1) is 0 Å². The number of aryl methyl sites for hydroxylation is 1. The summed E-state index contributed by atoms with van der Waals surface area (Å²) in [6.07, 6.45) is 1.10. The molecule has 1 amide bonds. The number of nitrogens with one attached hydrogen (secondary N) is 1. The molecule has 1 heterocycles. The third kappa shape index (κ3) is 2.72. The van der Waals surface area contributed by atoms with E-state index in [9.17, 15) is 9.59 Å². The van der Waals surface area contributed by atoms with E-state index in [1.165, 1.54) is 0 Å². The van der Waals surface area contributed by atoms with Crippen LogP contribution in [0.25, 0.3) is 0 Å². The Bertz CT molecular complexity index is 670. The van der Waals surface area contributed by atoms with E-state index in [-0.39, 0.29) is 11.5 Å². The fraction of sp³-hybridized carbons (Fsp3) is 0.143. The Hall–Kier alpha value is -2.94. The second-order valence-electron chi connectivity index (χ2n) is 4.04. The molecule has 0 aliphatic carbocycles.